The number of hydrogen-bond acceptors (Lipinski definition) is 3. The Labute approximate surface area is 233 Å². The molecule has 2 N–H and O–H groups in total. The number of hydrogen-bond donors (Lipinski definition) is 2. The third kappa shape index (κ3) is 4.89. The van der Waals surface area contributed by atoms with E-state index in [9.17, 15) is 4.79 Å². The molecule has 2 unspecified atom stereocenters. The van der Waals surface area contributed by atoms with Crippen LogP contribution in [0.1, 0.15) is 35.5 Å². The summed E-state index contributed by atoms with van der Waals surface area (Å²) in [5.41, 5.74) is 5.10. The second-order valence-corrected chi connectivity index (χ2v) is 10.1. The summed E-state index contributed by atoms with van der Waals surface area (Å²) in [7, 11) is 0. The second kappa shape index (κ2) is 10.7. The van der Waals surface area contributed by atoms with Crippen molar-refractivity contribution in [1.29, 1.82) is 0 Å². The van der Waals surface area contributed by atoms with Crippen molar-refractivity contribution in [2.75, 3.05) is 11.9 Å². The molecule has 6 rings (SSSR count). The Morgan fingerprint density at radius 2 is 1.74 bits per heavy atom. The maximum atomic E-state index is 13.2. The van der Waals surface area contributed by atoms with E-state index in [2.05, 4.69) is 68.5 Å². The predicted octanol–water partition coefficient (Wildman–Crippen LogP) is 6.34. The molecule has 5 aromatic rings. The molecule has 1 fully saturated rings. The molecule has 2 atom stereocenters. The summed E-state index contributed by atoms with van der Waals surface area (Å²) >= 11 is 5.85. The molecule has 1 aliphatic rings. The number of benzene rings is 3. The number of pyridine rings is 1. The van der Waals surface area contributed by atoms with Gasteiger partial charge in [0.25, 0.3) is 0 Å². The van der Waals surface area contributed by atoms with E-state index in [4.69, 9.17) is 12.2 Å². The first kappa shape index (κ1) is 24.8. The van der Waals surface area contributed by atoms with E-state index in [-0.39, 0.29) is 18.0 Å². The zero-order chi connectivity index (χ0) is 26.8. The molecule has 1 saturated heterocycles. The van der Waals surface area contributed by atoms with E-state index in [1.165, 1.54) is 5.56 Å². The van der Waals surface area contributed by atoms with Gasteiger partial charge in [-0.1, -0.05) is 60.7 Å². The first-order valence-corrected chi connectivity index (χ1v) is 13.5. The Hall–Kier alpha value is -4.49. The third-order valence-corrected chi connectivity index (χ3v) is 7.65. The standard InChI is InChI=1S/C32H29N5OS/c1-22-10-2-5-16-27(22)36-20-9-17-28(36)31-30(26-14-6-7-19-33-26)35-32(39)37(31)21-18-29(38)34-25-15-8-12-23-11-3-4-13-24(23)25/h2-17,19-20,30-31H,18,21H2,1H3,(H,34,38)(H,35,39). The molecule has 3 heterocycles. The largest absolute Gasteiger partial charge is 0.352 e. The summed E-state index contributed by atoms with van der Waals surface area (Å²) in [6.07, 6.45) is 4.18. The van der Waals surface area contributed by atoms with Crippen LogP contribution in [-0.4, -0.2) is 32.0 Å². The van der Waals surface area contributed by atoms with Crippen LogP contribution in [-0.2, 0) is 4.79 Å². The Kier molecular flexibility index (Phi) is 6.82. The van der Waals surface area contributed by atoms with E-state index in [0.717, 1.165) is 33.5 Å². The molecule has 0 saturated carbocycles. The maximum Gasteiger partial charge on any atom is 0.226 e. The van der Waals surface area contributed by atoms with Gasteiger partial charge in [-0.3, -0.25) is 9.78 Å². The molecule has 3 aromatic carbocycles. The van der Waals surface area contributed by atoms with E-state index in [1.807, 2.05) is 66.7 Å². The van der Waals surface area contributed by atoms with Gasteiger partial charge in [0.1, 0.15) is 0 Å². The van der Waals surface area contributed by atoms with Gasteiger partial charge in [-0.05, 0) is 66.5 Å². The van der Waals surface area contributed by atoms with Gasteiger partial charge < -0.3 is 20.1 Å². The number of carbonyl (C=O) groups excluding carboxylic acids is 1. The molecular weight excluding hydrogens is 502 g/mol. The highest BCUT2D eigenvalue weighted by atomic mass is 32.1. The van der Waals surface area contributed by atoms with Crippen molar-refractivity contribution >= 4 is 39.7 Å². The minimum absolute atomic E-state index is 0.0523. The average molecular weight is 532 g/mol. The van der Waals surface area contributed by atoms with Gasteiger partial charge in [0.05, 0.1) is 17.8 Å². The molecule has 6 nitrogen and oxygen atoms in total. The fourth-order valence-electron chi connectivity index (χ4n) is 5.43. The average Bonchev–Trinajstić information content (AvgIpc) is 3.57. The number of aromatic nitrogens is 2. The summed E-state index contributed by atoms with van der Waals surface area (Å²) in [6, 6.07) is 32.2. The normalized spacial score (nSPS) is 16.8. The van der Waals surface area contributed by atoms with Crippen LogP contribution in [0.4, 0.5) is 5.69 Å². The fourth-order valence-corrected chi connectivity index (χ4v) is 5.76. The number of anilines is 1. The smallest absolute Gasteiger partial charge is 0.226 e. The lowest BCUT2D eigenvalue weighted by Crippen LogP contribution is -2.33. The Morgan fingerprint density at radius 1 is 0.949 bits per heavy atom. The maximum absolute atomic E-state index is 13.2. The van der Waals surface area contributed by atoms with Gasteiger partial charge >= 0.3 is 0 Å². The van der Waals surface area contributed by atoms with Crippen molar-refractivity contribution in [2.45, 2.75) is 25.4 Å². The molecule has 0 aliphatic carbocycles. The highest BCUT2D eigenvalue weighted by Crippen LogP contribution is 2.40. The summed E-state index contributed by atoms with van der Waals surface area (Å²) in [6.45, 7) is 2.58. The van der Waals surface area contributed by atoms with E-state index in [0.29, 0.717) is 18.1 Å². The number of carbonyl (C=O) groups is 1. The monoisotopic (exact) mass is 531 g/mol. The van der Waals surface area contributed by atoms with Crippen LogP contribution < -0.4 is 10.6 Å². The molecule has 0 bridgehead atoms. The first-order valence-electron chi connectivity index (χ1n) is 13.1. The topological polar surface area (TPSA) is 62.2 Å². The molecule has 39 heavy (non-hydrogen) atoms. The Bertz CT molecular complexity index is 1640. The van der Waals surface area contributed by atoms with Crippen LogP contribution in [0.15, 0.2) is 109 Å². The SMILES string of the molecule is Cc1ccccc1-n1cccc1C1C(c2ccccn2)NC(=S)N1CCC(=O)Nc1cccc2ccccc12. The summed E-state index contributed by atoms with van der Waals surface area (Å²) in [4.78, 5) is 20.0. The molecule has 2 aromatic heterocycles. The predicted molar refractivity (Wildman–Crippen MR) is 160 cm³/mol. The molecule has 194 valence electrons. The summed E-state index contributed by atoms with van der Waals surface area (Å²) in [5, 5.41) is 9.35. The van der Waals surface area contributed by atoms with Crippen molar-refractivity contribution in [3.8, 4) is 5.69 Å². The number of amides is 1. The molecule has 0 radical (unpaired) electrons. The lowest BCUT2D eigenvalue weighted by atomic mass is 10.0. The number of fused-ring (bicyclic) bond motifs is 1. The molecule has 1 aliphatic heterocycles. The van der Waals surface area contributed by atoms with Gasteiger partial charge in [-0.2, -0.15) is 0 Å². The van der Waals surface area contributed by atoms with Crippen LogP contribution in [0.3, 0.4) is 0 Å². The highest BCUT2D eigenvalue weighted by Gasteiger charge is 2.41. The first-order chi connectivity index (χ1) is 19.1. The van der Waals surface area contributed by atoms with Crippen LogP contribution in [0.25, 0.3) is 16.5 Å². The van der Waals surface area contributed by atoms with Gasteiger partial charge in [0, 0.05) is 47.8 Å². The van der Waals surface area contributed by atoms with Crippen molar-refractivity contribution in [3.05, 3.63) is 126 Å². The number of nitrogens with zero attached hydrogens (tertiary/aromatic N) is 3. The zero-order valence-electron chi connectivity index (χ0n) is 21.6. The van der Waals surface area contributed by atoms with Crippen molar-refractivity contribution in [2.24, 2.45) is 0 Å². The lowest BCUT2D eigenvalue weighted by molar-refractivity contribution is -0.116. The number of aryl methyl sites for hydroxylation is 1. The third-order valence-electron chi connectivity index (χ3n) is 7.30. The number of thiocarbonyl (C=S) groups is 1. The van der Waals surface area contributed by atoms with Gasteiger partial charge in [0.2, 0.25) is 5.91 Å². The van der Waals surface area contributed by atoms with Crippen molar-refractivity contribution in [3.63, 3.8) is 0 Å². The molecule has 1 amide bonds. The van der Waals surface area contributed by atoms with Crippen molar-refractivity contribution < 1.29 is 4.79 Å². The Morgan fingerprint density at radius 3 is 2.59 bits per heavy atom. The van der Waals surface area contributed by atoms with Crippen LogP contribution in [0.5, 0.6) is 0 Å². The molecule has 7 heteroatoms. The van der Waals surface area contributed by atoms with Gasteiger partial charge in [0.15, 0.2) is 5.11 Å². The van der Waals surface area contributed by atoms with Crippen LogP contribution in [0.2, 0.25) is 0 Å². The highest BCUT2D eigenvalue weighted by molar-refractivity contribution is 7.80. The molecule has 0 spiro atoms. The quantitative estimate of drug-likeness (QED) is 0.240. The summed E-state index contributed by atoms with van der Waals surface area (Å²) < 4.78 is 2.22. The number of nitrogens with one attached hydrogen (secondary N) is 2. The van der Waals surface area contributed by atoms with Crippen LogP contribution >= 0.6 is 12.2 Å². The number of rotatable bonds is 7. The Balaban J connectivity index is 1.30. The zero-order valence-corrected chi connectivity index (χ0v) is 22.4. The van der Waals surface area contributed by atoms with Crippen LogP contribution in [0, 0.1) is 6.92 Å². The van der Waals surface area contributed by atoms with Gasteiger partial charge in [-0.15, -0.1) is 0 Å². The van der Waals surface area contributed by atoms with Crippen molar-refractivity contribution in [1.82, 2.24) is 19.8 Å². The minimum atomic E-state index is -0.155. The lowest BCUT2D eigenvalue weighted by Gasteiger charge is -2.29. The fraction of sp³-hybridized carbons (Fsp3) is 0.156. The van der Waals surface area contributed by atoms with E-state index >= 15 is 0 Å². The summed E-state index contributed by atoms with van der Waals surface area (Å²) in [5.74, 6) is -0.0523. The number of para-hydroxylation sites is 1. The minimum Gasteiger partial charge on any atom is -0.352 e. The molecular formula is C32H29N5OS. The van der Waals surface area contributed by atoms with E-state index < -0.39 is 0 Å². The van der Waals surface area contributed by atoms with Gasteiger partial charge in [-0.25, -0.2) is 0 Å². The second-order valence-electron chi connectivity index (χ2n) is 9.73. The van der Waals surface area contributed by atoms with E-state index in [1.54, 1.807) is 6.20 Å².